The van der Waals surface area contributed by atoms with E-state index in [1.165, 1.54) is 10.9 Å². The van der Waals surface area contributed by atoms with Crippen molar-refractivity contribution in [2.24, 2.45) is 5.41 Å². The number of aromatic nitrogens is 4. The van der Waals surface area contributed by atoms with Crippen LogP contribution in [0, 0.1) is 5.41 Å². The number of nitrogens with one attached hydrogen (secondary N) is 1. The Kier molecular flexibility index (Phi) is 3.83. The van der Waals surface area contributed by atoms with Gasteiger partial charge in [-0.2, -0.15) is 5.10 Å². The number of Topliss-reactive ketones (excluding diaryl/α,β-unsaturated/α-hetero) is 1. The van der Waals surface area contributed by atoms with Gasteiger partial charge in [-0.3, -0.25) is 14.6 Å². The summed E-state index contributed by atoms with van der Waals surface area (Å²) in [4.78, 5) is 30.6. The first-order valence-corrected chi connectivity index (χ1v) is 6.45. The molecule has 0 aliphatic carbocycles. The molecule has 0 aliphatic rings. The van der Waals surface area contributed by atoms with Crippen LogP contribution in [0.25, 0.3) is 5.95 Å². The Morgan fingerprint density at radius 2 is 2.15 bits per heavy atom. The maximum atomic E-state index is 11.9. The molecule has 0 bridgehead atoms. The maximum absolute atomic E-state index is 11.9. The van der Waals surface area contributed by atoms with Crippen molar-refractivity contribution in [2.75, 3.05) is 0 Å². The number of hydrogen-bond donors (Lipinski definition) is 1. The second-order valence-electron chi connectivity index (χ2n) is 5.96. The summed E-state index contributed by atoms with van der Waals surface area (Å²) >= 11 is 0. The Hall–Kier alpha value is -2.24. The quantitative estimate of drug-likeness (QED) is 0.916. The third-order valence-electron chi connectivity index (χ3n) is 2.70. The molecule has 0 aliphatic heterocycles. The van der Waals surface area contributed by atoms with Crippen molar-refractivity contribution in [3.05, 3.63) is 40.6 Å². The van der Waals surface area contributed by atoms with Gasteiger partial charge in [-0.05, 0) is 11.5 Å². The number of carbonyl (C=O) groups is 1. The number of nitrogens with zero attached hydrogens (tertiary/aromatic N) is 3. The lowest BCUT2D eigenvalue weighted by Crippen LogP contribution is -2.22. The Bertz CT molecular complexity index is 651. The molecular weight excluding hydrogens is 256 g/mol. The summed E-state index contributed by atoms with van der Waals surface area (Å²) in [6, 6.07) is 1.74. The van der Waals surface area contributed by atoms with Gasteiger partial charge in [0.25, 0.3) is 5.56 Å². The molecule has 0 radical (unpaired) electrons. The van der Waals surface area contributed by atoms with Gasteiger partial charge in [-0.1, -0.05) is 20.8 Å². The van der Waals surface area contributed by atoms with Crippen molar-refractivity contribution in [1.82, 2.24) is 19.7 Å². The zero-order valence-corrected chi connectivity index (χ0v) is 11.9. The van der Waals surface area contributed by atoms with E-state index in [2.05, 4.69) is 15.1 Å². The molecule has 2 aromatic heterocycles. The number of hydrogen-bond acceptors (Lipinski definition) is 4. The standard InChI is InChI=1S/C14H18N4O2/c1-14(2,3)8-11(19)7-10-9-15-13(17-12(10)20)18-6-4-5-16-18/h4-6,9H,7-8H2,1-3H3,(H,15,17,20). The second-order valence-corrected chi connectivity index (χ2v) is 5.96. The van der Waals surface area contributed by atoms with E-state index in [-0.39, 0.29) is 23.2 Å². The number of H-pyrrole nitrogens is 1. The fraction of sp³-hybridized carbons (Fsp3) is 0.429. The first kappa shape index (κ1) is 14.2. The van der Waals surface area contributed by atoms with Crippen LogP contribution in [0.5, 0.6) is 0 Å². The predicted molar refractivity (Wildman–Crippen MR) is 74.8 cm³/mol. The minimum atomic E-state index is -0.298. The molecular formula is C14H18N4O2. The van der Waals surface area contributed by atoms with Crippen LogP contribution in [0.1, 0.15) is 32.8 Å². The summed E-state index contributed by atoms with van der Waals surface area (Å²) < 4.78 is 1.46. The third-order valence-corrected chi connectivity index (χ3v) is 2.70. The van der Waals surface area contributed by atoms with Crippen molar-refractivity contribution in [2.45, 2.75) is 33.6 Å². The van der Waals surface area contributed by atoms with Gasteiger partial charge >= 0.3 is 0 Å². The van der Waals surface area contributed by atoms with Crippen LogP contribution in [-0.2, 0) is 11.2 Å². The van der Waals surface area contributed by atoms with Gasteiger partial charge < -0.3 is 0 Å². The average Bonchev–Trinajstić information content (AvgIpc) is 2.82. The number of rotatable bonds is 4. The van der Waals surface area contributed by atoms with Gasteiger partial charge in [-0.25, -0.2) is 9.67 Å². The normalized spacial score (nSPS) is 11.6. The first-order valence-electron chi connectivity index (χ1n) is 6.45. The fourth-order valence-electron chi connectivity index (χ4n) is 1.91. The van der Waals surface area contributed by atoms with Crippen LogP contribution in [0.2, 0.25) is 0 Å². The molecule has 0 unspecified atom stereocenters. The minimum absolute atomic E-state index is 0.0386. The van der Waals surface area contributed by atoms with Crippen LogP contribution in [0.15, 0.2) is 29.5 Å². The lowest BCUT2D eigenvalue weighted by Gasteiger charge is -2.16. The Balaban J connectivity index is 2.15. The largest absolute Gasteiger partial charge is 0.299 e. The van der Waals surface area contributed by atoms with Gasteiger partial charge in [0, 0.05) is 37.0 Å². The third kappa shape index (κ3) is 3.63. The molecule has 0 saturated carbocycles. The molecule has 0 atom stereocenters. The van der Waals surface area contributed by atoms with E-state index in [4.69, 9.17) is 0 Å². The summed E-state index contributed by atoms with van der Waals surface area (Å²) in [5.41, 5.74) is 0.00892. The van der Waals surface area contributed by atoms with E-state index in [0.717, 1.165) is 0 Å². The van der Waals surface area contributed by atoms with E-state index in [9.17, 15) is 9.59 Å². The Morgan fingerprint density at radius 1 is 1.40 bits per heavy atom. The zero-order chi connectivity index (χ0) is 14.8. The molecule has 0 saturated heterocycles. The first-order chi connectivity index (χ1) is 9.35. The van der Waals surface area contributed by atoms with E-state index >= 15 is 0 Å². The maximum Gasteiger partial charge on any atom is 0.255 e. The highest BCUT2D eigenvalue weighted by molar-refractivity contribution is 5.81. The number of ketones is 1. The molecule has 1 N–H and O–H groups in total. The molecule has 2 rings (SSSR count). The van der Waals surface area contributed by atoms with Gasteiger partial charge in [0.1, 0.15) is 5.78 Å². The highest BCUT2D eigenvalue weighted by atomic mass is 16.1. The van der Waals surface area contributed by atoms with Gasteiger partial charge in [0.2, 0.25) is 5.95 Å². The van der Waals surface area contributed by atoms with Crippen LogP contribution < -0.4 is 5.56 Å². The lowest BCUT2D eigenvalue weighted by molar-refractivity contribution is -0.120. The van der Waals surface area contributed by atoms with Crippen LogP contribution in [0.3, 0.4) is 0 Å². The molecule has 106 valence electrons. The van der Waals surface area contributed by atoms with Gasteiger partial charge in [0.05, 0.1) is 0 Å². The van der Waals surface area contributed by atoms with Crippen molar-refractivity contribution in [1.29, 1.82) is 0 Å². The highest BCUT2D eigenvalue weighted by Crippen LogP contribution is 2.19. The fourth-order valence-corrected chi connectivity index (χ4v) is 1.91. The summed E-state index contributed by atoms with van der Waals surface area (Å²) in [6.45, 7) is 5.98. The van der Waals surface area contributed by atoms with Crippen LogP contribution >= 0.6 is 0 Å². The molecule has 2 aromatic rings. The summed E-state index contributed by atoms with van der Waals surface area (Å²) in [6.07, 6.45) is 5.27. The highest BCUT2D eigenvalue weighted by Gasteiger charge is 2.17. The molecule has 0 spiro atoms. The molecule has 2 heterocycles. The summed E-state index contributed by atoms with van der Waals surface area (Å²) in [7, 11) is 0. The van der Waals surface area contributed by atoms with E-state index in [1.54, 1.807) is 18.5 Å². The molecule has 6 nitrogen and oxygen atoms in total. The number of aromatic amines is 1. The minimum Gasteiger partial charge on any atom is -0.299 e. The molecule has 0 amide bonds. The lowest BCUT2D eigenvalue weighted by atomic mass is 9.88. The predicted octanol–water partition coefficient (Wildman–Crippen LogP) is 1.50. The van der Waals surface area contributed by atoms with E-state index < -0.39 is 0 Å². The van der Waals surface area contributed by atoms with Crippen molar-refractivity contribution in [3.8, 4) is 5.95 Å². The Labute approximate surface area is 116 Å². The molecule has 0 aromatic carbocycles. The van der Waals surface area contributed by atoms with E-state index in [0.29, 0.717) is 17.9 Å². The summed E-state index contributed by atoms with van der Waals surface area (Å²) in [5, 5.41) is 3.98. The van der Waals surface area contributed by atoms with Crippen LogP contribution in [-0.4, -0.2) is 25.5 Å². The van der Waals surface area contributed by atoms with Gasteiger partial charge in [-0.15, -0.1) is 0 Å². The topological polar surface area (TPSA) is 80.6 Å². The number of carbonyl (C=O) groups excluding carboxylic acids is 1. The van der Waals surface area contributed by atoms with Crippen molar-refractivity contribution >= 4 is 5.78 Å². The second kappa shape index (κ2) is 5.40. The summed E-state index contributed by atoms with van der Waals surface area (Å²) in [5.74, 6) is 0.378. The Morgan fingerprint density at radius 3 is 2.70 bits per heavy atom. The van der Waals surface area contributed by atoms with E-state index in [1.807, 2.05) is 20.8 Å². The SMILES string of the molecule is CC(C)(C)CC(=O)Cc1cnc(-n2cccn2)[nH]c1=O. The molecule has 6 heteroatoms. The monoisotopic (exact) mass is 274 g/mol. The van der Waals surface area contributed by atoms with Crippen LogP contribution in [0.4, 0.5) is 0 Å². The van der Waals surface area contributed by atoms with Crippen molar-refractivity contribution in [3.63, 3.8) is 0 Å². The zero-order valence-electron chi connectivity index (χ0n) is 11.9. The molecule has 20 heavy (non-hydrogen) atoms. The average molecular weight is 274 g/mol. The molecule has 0 fully saturated rings. The smallest absolute Gasteiger partial charge is 0.255 e. The van der Waals surface area contributed by atoms with Gasteiger partial charge in [0.15, 0.2) is 0 Å². The van der Waals surface area contributed by atoms with Crippen molar-refractivity contribution < 1.29 is 4.79 Å².